The molecule has 0 atom stereocenters. The molecule has 7 nitrogen and oxygen atoms in total. The van der Waals surface area contributed by atoms with Crippen molar-refractivity contribution in [3.05, 3.63) is 69.9 Å². The Hall–Kier alpha value is -4.01. The highest BCUT2D eigenvalue weighted by molar-refractivity contribution is 7.19. The summed E-state index contributed by atoms with van der Waals surface area (Å²) in [4.78, 5) is 16.6. The van der Waals surface area contributed by atoms with E-state index in [4.69, 9.17) is 27.0 Å². The van der Waals surface area contributed by atoms with Gasteiger partial charge < -0.3 is 20.5 Å². The molecule has 1 aliphatic heterocycles. The first-order valence-electron chi connectivity index (χ1n) is 8.12. The van der Waals surface area contributed by atoms with Crippen molar-refractivity contribution in [3.8, 4) is 17.6 Å². The van der Waals surface area contributed by atoms with Crippen LogP contribution < -0.4 is 20.5 Å². The molecule has 4 rings (SSSR count). The molecule has 0 saturated carbocycles. The highest BCUT2D eigenvalue weighted by atomic mass is 32.1. The molecule has 0 fully saturated rings. The number of rotatable bonds is 4. The first kappa shape index (κ1) is 17.4. The molecular formula is C20H12N4O3S. The first-order valence-corrected chi connectivity index (χ1v) is 8.93. The Morgan fingerprint density at radius 2 is 2.07 bits per heavy atom. The largest absolute Gasteiger partial charge is 0.454 e. The minimum Gasteiger partial charge on any atom is -0.454 e. The van der Waals surface area contributed by atoms with E-state index in [1.807, 2.05) is 6.07 Å². The lowest BCUT2D eigenvalue weighted by molar-refractivity contribution is 0.104. The smallest absolute Gasteiger partial charge is 0.243 e. The Balaban J connectivity index is 1.69. The van der Waals surface area contributed by atoms with Gasteiger partial charge in [0.15, 0.2) is 11.5 Å². The molecular weight excluding hydrogens is 376 g/mol. The lowest BCUT2D eigenvalue weighted by Crippen LogP contribution is -2.02. The number of carbonyl (C=O) groups excluding carboxylic acids is 1. The predicted octanol–water partition coefficient (Wildman–Crippen LogP) is 4.46. The van der Waals surface area contributed by atoms with Gasteiger partial charge in [0, 0.05) is 17.3 Å². The van der Waals surface area contributed by atoms with E-state index in [1.54, 1.807) is 36.4 Å². The minimum absolute atomic E-state index is 0.121. The number of anilines is 3. The maximum absolute atomic E-state index is 12.9. The van der Waals surface area contributed by atoms with Crippen molar-refractivity contribution in [1.82, 2.24) is 0 Å². The van der Waals surface area contributed by atoms with Crippen LogP contribution in [0.2, 0.25) is 0 Å². The number of benzene rings is 2. The molecule has 0 amide bonds. The second-order valence-electron chi connectivity index (χ2n) is 5.85. The Kier molecular flexibility index (Phi) is 4.32. The third kappa shape index (κ3) is 2.98. The van der Waals surface area contributed by atoms with Gasteiger partial charge >= 0.3 is 0 Å². The average Bonchev–Trinajstić information content (AvgIpc) is 3.31. The maximum Gasteiger partial charge on any atom is 0.243 e. The zero-order chi connectivity index (χ0) is 19.7. The predicted molar refractivity (Wildman–Crippen MR) is 105 cm³/mol. The number of carbonyl (C=O) groups is 1. The van der Waals surface area contributed by atoms with Crippen LogP contribution in [0.5, 0.6) is 11.5 Å². The first-order chi connectivity index (χ1) is 13.6. The molecule has 1 aliphatic rings. The van der Waals surface area contributed by atoms with E-state index in [-0.39, 0.29) is 28.8 Å². The lowest BCUT2D eigenvalue weighted by Gasteiger charge is -2.05. The fraction of sp³-hybridized carbons (Fsp3) is 0.0500. The van der Waals surface area contributed by atoms with E-state index in [1.165, 1.54) is 6.07 Å². The molecule has 0 saturated heterocycles. The SMILES string of the molecule is [C-]#[N+]c1c(Nc2ccc3c(c2)OCO3)sc(C(=O)c2cccc(C#N)c2)c1N. The monoisotopic (exact) mass is 388 g/mol. The van der Waals surface area contributed by atoms with Crippen molar-refractivity contribution in [2.24, 2.45) is 0 Å². The van der Waals surface area contributed by atoms with Crippen molar-refractivity contribution in [2.75, 3.05) is 17.8 Å². The summed E-state index contributed by atoms with van der Waals surface area (Å²) < 4.78 is 10.6. The van der Waals surface area contributed by atoms with Crippen LogP contribution in [0.25, 0.3) is 4.85 Å². The average molecular weight is 388 g/mol. The molecule has 3 N–H and O–H groups in total. The number of fused-ring (bicyclic) bond motifs is 1. The standard InChI is InChI=1S/C20H12N4O3S/c1-23-17-16(22)19(18(25)12-4-2-3-11(7-12)9-21)28-20(17)24-13-5-6-14-15(8-13)27-10-26-14/h2-8,24H,10,22H2. The second kappa shape index (κ2) is 6.95. The number of nitriles is 1. The van der Waals surface area contributed by atoms with Crippen LogP contribution in [-0.4, -0.2) is 12.6 Å². The maximum atomic E-state index is 12.9. The molecule has 2 aromatic carbocycles. The summed E-state index contributed by atoms with van der Waals surface area (Å²) in [7, 11) is 0. The Labute approximate surface area is 164 Å². The molecule has 28 heavy (non-hydrogen) atoms. The summed E-state index contributed by atoms with van der Waals surface area (Å²) in [5.74, 6) is 0.918. The van der Waals surface area contributed by atoms with Crippen LogP contribution >= 0.6 is 11.3 Å². The number of nitrogens with two attached hydrogens (primary N) is 1. The number of nitrogens with one attached hydrogen (secondary N) is 1. The molecule has 0 bridgehead atoms. The summed E-state index contributed by atoms with van der Waals surface area (Å²) in [5.41, 5.74) is 7.80. The van der Waals surface area contributed by atoms with Gasteiger partial charge in [0.1, 0.15) is 5.00 Å². The Bertz CT molecular complexity index is 1190. The van der Waals surface area contributed by atoms with Crippen molar-refractivity contribution in [3.63, 3.8) is 0 Å². The molecule has 136 valence electrons. The van der Waals surface area contributed by atoms with Crippen LogP contribution in [0.1, 0.15) is 20.8 Å². The highest BCUT2D eigenvalue weighted by Gasteiger charge is 2.23. The van der Waals surface area contributed by atoms with Gasteiger partial charge in [-0.2, -0.15) is 5.26 Å². The number of nitrogen functional groups attached to an aromatic ring is 1. The number of hydrogen-bond donors (Lipinski definition) is 2. The van der Waals surface area contributed by atoms with Gasteiger partial charge in [0.25, 0.3) is 0 Å². The number of ether oxygens (including phenoxy) is 2. The van der Waals surface area contributed by atoms with E-state index < -0.39 is 0 Å². The van der Waals surface area contributed by atoms with Gasteiger partial charge in [-0.25, -0.2) is 4.85 Å². The number of ketones is 1. The molecule has 8 heteroatoms. The second-order valence-corrected chi connectivity index (χ2v) is 6.87. The summed E-state index contributed by atoms with van der Waals surface area (Å²) in [5, 5.41) is 12.6. The Morgan fingerprint density at radius 3 is 2.86 bits per heavy atom. The zero-order valence-corrected chi connectivity index (χ0v) is 15.2. The normalized spacial score (nSPS) is 11.5. The lowest BCUT2D eigenvalue weighted by atomic mass is 10.1. The van der Waals surface area contributed by atoms with E-state index in [0.29, 0.717) is 33.3 Å². The zero-order valence-electron chi connectivity index (χ0n) is 14.4. The number of nitrogens with zero attached hydrogens (tertiary/aromatic N) is 2. The quantitative estimate of drug-likeness (QED) is 0.505. The van der Waals surface area contributed by atoms with Crippen molar-refractivity contribution >= 4 is 39.2 Å². The van der Waals surface area contributed by atoms with Gasteiger partial charge in [-0.1, -0.05) is 12.1 Å². The Morgan fingerprint density at radius 1 is 1.25 bits per heavy atom. The molecule has 0 radical (unpaired) electrons. The van der Waals surface area contributed by atoms with E-state index >= 15 is 0 Å². The minimum atomic E-state index is -0.330. The molecule has 3 aromatic rings. The molecule has 0 spiro atoms. The molecule has 2 heterocycles. The third-order valence-corrected chi connectivity index (χ3v) is 5.23. The van der Waals surface area contributed by atoms with Gasteiger partial charge in [-0.3, -0.25) is 4.79 Å². The summed E-state index contributed by atoms with van der Waals surface area (Å²) >= 11 is 1.10. The van der Waals surface area contributed by atoms with Crippen molar-refractivity contribution in [2.45, 2.75) is 0 Å². The molecule has 0 unspecified atom stereocenters. The van der Waals surface area contributed by atoms with Gasteiger partial charge in [-0.05, 0) is 24.3 Å². The topological polar surface area (TPSA) is 102 Å². The molecule has 1 aromatic heterocycles. The van der Waals surface area contributed by atoms with Gasteiger partial charge in [0.05, 0.1) is 28.8 Å². The van der Waals surface area contributed by atoms with Crippen LogP contribution in [0.4, 0.5) is 22.1 Å². The highest BCUT2D eigenvalue weighted by Crippen LogP contribution is 2.45. The van der Waals surface area contributed by atoms with Crippen LogP contribution in [-0.2, 0) is 0 Å². The third-order valence-electron chi connectivity index (χ3n) is 4.12. The number of hydrogen-bond acceptors (Lipinski definition) is 7. The fourth-order valence-electron chi connectivity index (χ4n) is 2.77. The number of thiophene rings is 1. The van der Waals surface area contributed by atoms with E-state index in [2.05, 4.69) is 10.2 Å². The molecule has 0 aliphatic carbocycles. The van der Waals surface area contributed by atoms with Gasteiger partial charge in [0.2, 0.25) is 18.3 Å². The summed E-state index contributed by atoms with van der Waals surface area (Å²) in [6.07, 6.45) is 0. The van der Waals surface area contributed by atoms with Crippen LogP contribution in [0, 0.1) is 17.9 Å². The summed E-state index contributed by atoms with van der Waals surface area (Å²) in [6.45, 7) is 7.61. The van der Waals surface area contributed by atoms with Crippen molar-refractivity contribution < 1.29 is 14.3 Å². The van der Waals surface area contributed by atoms with Crippen LogP contribution in [0.15, 0.2) is 42.5 Å². The van der Waals surface area contributed by atoms with E-state index in [0.717, 1.165) is 11.3 Å². The van der Waals surface area contributed by atoms with E-state index in [9.17, 15) is 4.79 Å². The van der Waals surface area contributed by atoms with Crippen LogP contribution in [0.3, 0.4) is 0 Å². The van der Waals surface area contributed by atoms with Gasteiger partial charge in [-0.15, -0.1) is 11.3 Å². The van der Waals surface area contributed by atoms with Crippen molar-refractivity contribution in [1.29, 1.82) is 5.26 Å². The summed E-state index contributed by atoms with van der Waals surface area (Å²) in [6, 6.07) is 13.7. The fourth-order valence-corrected chi connectivity index (χ4v) is 3.81.